The molecular formula is C18H18BrNO6S. The Kier molecular flexibility index (Phi) is 6.98. The summed E-state index contributed by atoms with van der Waals surface area (Å²) in [6, 6.07) is 10.2. The van der Waals surface area contributed by atoms with Crippen molar-refractivity contribution in [3.8, 4) is 0 Å². The molecule has 9 heteroatoms. The van der Waals surface area contributed by atoms with Crippen LogP contribution in [0.5, 0.6) is 0 Å². The van der Waals surface area contributed by atoms with Gasteiger partial charge in [0, 0.05) is 4.47 Å². The fraction of sp³-hybridized carbons (Fsp3) is 0.222. The summed E-state index contributed by atoms with van der Waals surface area (Å²) in [5.74, 6) is -1.57. The number of ether oxygens (including phenoxy) is 2. The maximum Gasteiger partial charge on any atom is 0.341 e. The van der Waals surface area contributed by atoms with E-state index in [9.17, 15) is 18.0 Å². The standard InChI is InChI=1S/C18H18BrNO6S/c1-3-25-17(21)14-6-5-7-15(16(14)18(22)26-4-2)20-27(23,24)13-10-8-12(19)9-11-13/h5-11,20H,3-4H2,1-2H3. The van der Waals surface area contributed by atoms with Crippen LogP contribution in [0.1, 0.15) is 34.6 Å². The largest absolute Gasteiger partial charge is 0.462 e. The van der Waals surface area contributed by atoms with Crippen molar-refractivity contribution in [2.24, 2.45) is 0 Å². The number of anilines is 1. The summed E-state index contributed by atoms with van der Waals surface area (Å²) in [5.41, 5.74) is -0.341. The van der Waals surface area contributed by atoms with E-state index in [0.29, 0.717) is 0 Å². The third-order valence-electron chi connectivity index (χ3n) is 3.41. The van der Waals surface area contributed by atoms with Gasteiger partial charge in [-0.05, 0) is 50.2 Å². The zero-order valence-electron chi connectivity index (χ0n) is 14.7. The smallest absolute Gasteiger partial charge is 0.341 e. The average molecular weight is 456 g/mol. The third-order valence-corrected chi connectivity index (χ3v) is 5.32. The van der Waals surface area contributed by atoms with E-state index in [1.807, 2.05) is 0 Å². The summed E-state index contributed by atoms with van der Waals surface area (Å²) in [7, 11) is -3.99. The molecule has 0 radical (unpaired) electrons. The Bertz CT molecular complexity index is 941. The van der Waals surface area contributed by atoms with Crippen LogP contribution in [-0.4, -0.2) is 33.6 Å². The van der Waals surface area contributed by atoms with Gasteiger partial charge in [0.05, 0.1) is 34.9 Å². The number of carbonyl (C=O) groups excluding carboxylic acids is 2. The Labute approximate surface area is 165 Å². The first kappa shape index (κ1) is 20.9. The Morgan fingerprint density at radius 2 is 1.56 bits per heavy atom. The summed E-state index contributed by atoms with van der Waals surface area (Å²) in [4.78, 5) is 24.6. The van der Waals surface area contributed by atoms with Crippen LogP contribution in [0.2, 0.25) is 0 Å². The molecule has 1 N–H and O–H groups in total. The molecule has 0 aliphatic heterocycles. The van der Waals surface area contributed by atoms with Gasteiger partial charge in [0.25, 0.3) is 10.0 Å². The van der Waals surface area contributed by atoms with Gasteiger partial charge in [0.1, 0.15) is 0 Å². The molecule has 0 bridgehead atoms. The van der Waals surface area contributed by atoms with Crippen LogP contribution in [0.25, 0.3) is 0 Å². The highest BCUT2D eigenvalue weighted by atomic mass is 79.9. The molecule has 27 heavy (non-hydrogen) atoms. The molecule has 0 heterocycles. The maximum absolute atomic E-state index is 12.7. The van der Waals surface area contributed by atoms with Crippen molar-refractivity contribution >= 4 is 43.6 Å². The summed E-state index contributed by atoms with van der Waals surface area (Å²) in [5, 5.41) is 0. The molecule has 0 aliphatic carbocycles. The van der Waals surface area contributed by atoms with Gasteiger partial charge >= 0.3 is 11.9 Å². The number of rotatable bonds is 7. The molecule has 0 amide bonds. The lowest BCUT2D eigenvalue weighted by Crippen LogP contribution is -2.20. The number of halogens is 1. The number of benzene rings is 2. The molecule has 0 atom stereocenters. The van der Waals surface area contributed by atoms with Gasteiger partial charge in [-0.15, -0.1) is 0 Å². The maximum atomic E-state index is 12.7. The van der Waals surface area contributed by atoms with E-state index in [4.69, 9.17) is 9.47 Å². The SMILES string of the molecule is CCOC(=O)c1cccc(NS(=O)(=O)c2ccc(Br)cc2)c1C(=O)OCC. The minimum Gasteiger partial charge on any atom is -0.462 e. The first-order chi connectivity index (χ1) is 12.8. The van der Waals surface area contributed by atoms with Gasteiger partial charge in [0.2, 0.25) is 0 Å². The lowest BCUT2D eigenvalue weighted by atomic mass is 10.1. The molecule has 0 saturated carbocycles. The Hall–Kier alpha value is -2.39. The number of hydrogen-bond donors (Lipinski definition) is 1. The number of nitrogens with one attached hydrogen (secondary N) is 1. The van der Waals surface area contributed by atoms with E-state index in [0.717, 1.165) is 4.47 Å². The van der Waals surface area contributed by atoms with Crippen molar-refractivity contribution in [2.75, 3.05) is 17.9 Å². The Morgan fingerprint density at radius 3 is 2.15 bits per heavy atom. The van der Waals surface area contributed by atoms with Gasteiger partial charge in [-0.1, -0.05) is 22.0 Å². The van der Waals surface area contributed by atoms with Crippen LogP contribution in [0, 0.1) is 0 Å². The minimum atomic E-state index is -3.99. The fourth-order valence-corrected chi connectivity index (χ4v) is 3.59. The van der Waals surface area contributed by atoms with E-state index in [1.54, 1.807) is 26.0 Å². The molecule has 7 nitrogen and oxygen atoms in total. The van der Waals surface area contributed by atoms with Gasteiger partial charge in [0.15, 0.2) is 0 Å². The number of hydrogen-bond acceptors (Lipinski definition) is 6. The molecule has 0 unspecified atom stereocenters. The van der Waals surface area contributed by atoms with E-state index >= 15 is 0 Å². The second-order valence-electron chi connectivity index (χ2n) is 5.23. The van der Waals surface area contributed by atoms with Crippen LogP contribution in [0.4, 0.5) is 5.69 Å². The molecule has 0 saturated heterocycles. The molecule has 0 fully saturated rings. The van der Waals surface area contributed by atoms with Crippen LogP contribution < -0.4 is 4.72 Å². The first-order valence-electron chi connectivity index (χ1n) is 8.05. The zero-order chi connectivity index (χ0) is 20.0. The lowest BCUT2D eigenvalue weighted by molar-refractivity contribution is 0.0480. The van der Waals surface area contributed by atoms with Gasteiger partial charge in [-0.25, -0.2) is 18.0 Å². The van der Waals surface area contributed by atoms with Crippen molar-refractivity contribution in [1.29, 1.82) is 0 Å². The lowest BCUT2D eigenvalue weighted by Gasteiger charge is -2.15. The summed E-state index contributed by atoms with van der Waals surface area (Å²) >= 11 is 3.24. The zero-order valence-corrected chi connectivity index (χ0v) is 17.1. The van der Waals surface area contributed by atoms with E-state index in [1.165, 1.54) is 30.3 Å². The van der Waals surface area contributed by atoms with Gasteiger partial charge in [-0.3, -0.25) is 4.72 Å². The summed E-state index contributed by atoms with van der Waals surface area (Å²) in [6.07, 6.45) is 0. The third kappa shape index (κ3) is 5.08. The molecule has 144 valence electrons. The molecule has 0 aromatic heterocycles. The second-order valence-corrected chi connectivity index (χ2v) is 7.83. The van der Waals surface area contributed by atoms with Gasteiger partial charge in [-0.2, -0.15) is 0 Å². The average Bonchev–Trinajstić information content (AvgIpc) is 2.62. The number of esters is 2. The van der Waals surface area contributed by atoms with Gasteiger partial charge < -0.3 is 9.47 Å². The number of carbonyl (C=O) groups is 2. The predicted molar refractivity (Wildman–Crippen MR) is 103 cm³/mol. The van der Waals surface area contributed by atoms with E-state index < -0.39 is 22.0 Å². The Balaban J connectivity index is 2.52. The second kappa shape index (κ2) is 9.01. The van der Waals surface area contributed by atoms with Crippen molar-refractivity contribution in [1.82, 2.24) is 0 Å². The first-order valence-corrected chi connectivity index (χ1v) is 10.3. The van der Waals surface area contributed by atoms with Crippen molar-refractivity contribution in [3.05, 3.63) is 58.1 Å². The van der Waals surface area contributed by atoms with Crippen LogP contribution >= 0.6 is 15.9 Å². The van der Waals surface area contributed by atoms with Crippen LogP contribution in [0.15, 0.2) is 51.8 Å². The summed E-state index contributed by atoms with van der Waals surface area (Å²) < 4.78 is 38.3. The topological polar surface area (TPSA) is 98.8 Å². The van der Waals surface area contributed by atoms with Crippen molar-refractivity contribution in [3.63, 3.8) is 0 Å². The quantitative estimate of drug-likeness (QED) is 0.640. The molecule has 0 aliphatic rings. The molecular weight excluding hydrogens is 438 g/mol. The predicted octanol–water partition coefficient (Wildman–Crippen LogP) is 3.60. The monoisotopic (exact) mass is 455 g/mol. The van der Waals surface area contributed by atoms with Crippen molar-refractivity contribution in [2.45, 2.75) is 18.7 Å². The van der Waals surface area contributed by atoms with E-state index in [-0.39, 0.29) is 34.9 Å². The highest BCUT2D eigenvalue weighted by molar-refractivity contribution is 9.10. The summed E-state index contributed by atoms with van der Waals surface area (Å²) in [6.45, 7) is 3.41. The molecule has 2 aromatic carbocycles. The highest BCUT2D eigenvalue weighted by Gasteiger charge is 2.25. The molecule has 2 rings (SSSR count). The van der Waals surface area contributed by atoms with Crippen LogP contribution in [0.3, 0.4) is 0 Å². The molecule has 2 aromatic rings. The van der Waals surface area contributed by atoms with Crippen LogP contribution in [-0.2, 0) is 19.5 Å². The Morgan fingerprint density at radius 1 is 0.963 bits per heavy atom. The minimum absolute atomic E-state index is 0.00190. The fourth-order valence-electron chi connectivity index (χ4n) is 2.26. The highest BCUT2D eigenvalue weighted by Crippen LogP contribution is 2.25. The molecule has 0 spiro atoms. The normalized spacial score (nSPS) is 10.9. The van der Waals surface area contributed by atoms with Crippen molar-refractivity contribution < 1.29 is 27.5 Å². The number of sulfonamides is 1. The van der Waals surface area contributed by atoms with E-state index in [2.05, 4.69) is 20.7 Å².